The van der Waals surface area contributed by atoms with Crippen LogP contribution in [0.4, 0.5) is 0 Å². The van der Waals surface area contributed by atoms with Crippen molar-refractivity contribution >= 4 is 29.9 Å². The minimum atomic E-state index is 0. The van der Waals surface area contributed by atoms with Crippen LogP contribution in [0.3, 0.4) is 0 Å². The third-order valence-corrected chi connectivity index (χ3v) is 4.23. The fraction of sp³-hybridized carbons (Fsp3) is 0.455. The first kappa shape index (κ1) is 26.1. The van der Waals surface area contributed by atoms with Gasteiger partial charge in [-0.25, -0.2) is 4.99 Å². The summed E-state index contributed by atoms with van der Waals surface area (Å²) < 4.78 is 12.1. The zero-order valence-corrected chi connectivity index (χ0v) is 20.1. The van der Waals surface area contributed by atoms with Crippen LogP contribution in [0.25, 0.3) is 0 Å². The maximum absolute atomic E-state index is 11.8. The molecule has 2 rings (SSSR count). The van der Waals surface area contributed by atoms with Crippen molar-refractivity contribution in [3.8, 4) is 0 Å². The lowest BCUT2D eigenvalue weighted by atomic mass is 10.1. The summed E-state index contributed by atoms with van der Waals surface area (Å²) in [6.07, 6.45) is 2.71. The first-order valence-corrected chi connectivity index (χ1v) is 10.0. The average molecular weight is 528 g/mol. The molecule has 1 aromatic heterocycles. The molecule has 0 spiro atoms. The number of methoxy groups -OCH3 is 1. The maximum atomic E-state index is 11.8. The second-order valence-corrected chi connectivity index (χ2v) is 6.56. The van der Waals surface area contributed by atoms with Crippen LogP contribution in [0.2, 0.25) is 0 Å². The van der Waals surface area contributed by atoms with Crippen LogP contribution in [0.1, 0.15) is 24.5 Å². The van der Waals surface area contributed by atoms with Gasteiger partial charge in [0.1, 0.15) is 0 Å². The van der Waals surface area contributed by atoms with Crippen LogP contribution in [0, 0.1) is 0 Å². The maximum Gasteiger partial charge on any atom is 0.250 e. The van der Waals surface area contributed by atoms with Crippen molar-refractivity contribution < 1.29 is 9.47 Å². The van der Waals surface area contributed by atoms with E-state index in [0.717, 1.165) is 36.6 Å². The van der Waals surface area contributed by atoms with Gasteiger partial charge >= 0.3 is 0 Å². The van der Waals surface area contributed by atoms with Crippen LogP contribution >= 0.6 is 24.0 Å². The van der Waals surface area contributed by atoms with E-state index in [2.05, 4.69) is 27.8 Å². The predicted molar refractivity (Wildman–Crippen MR) is 132 cm³/mol. The Morgan fingerprint density at radius 1 is 1.03 bits per heavy atom. The molecule has 0 aliphatic heterocycles. The van der Waals surface area contributed by atoms with E-state index in [0.29, 0.717) is 32.9 Å². The summed E-state index contributed by atoms with van der Waals surface area (Å²) in [7, 11) is 1.67. The molecule has 0 saturated heterocycles. The van der Waals surface area contributed by atoms with E-state index in [1.165, 1.54) is 0 Å². The number of aliphatic imine (C=N–C) groups is 1. The lowest BCUT2D eigenvalue weighted by Gasteiger charge is -2.11. The standard InChI is InChI=1S/C22H32N4O3.HI/c1-3-23-22(24-12-6-14-29-16-15-28-2)25-17-19-8-10-20(11-9-19)18-26-13-5-4-7-21(26)27;/h4-5,7-11,13H,3,6,12,14-18H2,1-2H3,(H2,23,24,25);1H. The molecule has 0 unspecified atom stereocenters. The van der Waals surface area contributed by atoms with Crippen LogP contribution in [0.5, 0.6) is 0 Å². The number of halogens is 1. The third kappa shape index (κ3) is 10.2. The van der Waals surface area contributed by atoms with Gasteiger partial charge in [0.15, 0.2) is 5.96 Å². The minimum Gasteiger partial charge on any atom is -0.382 e. The van der Waals surface area contributed by atoms with Gasteiger partial charge in [0.05, 0.1) is 26.3 Å². The molecular weight excluding hydrogens is 495 g/mol. The highest BCUT2D eigenvalue weighted by Gasteiger charge is 2.00. The summed E-state index contributed by atoms with van der Waals surface area (Å²) in [6.45, 7) is 6.75. The highest BCUT2D eigenvalue weighted by Crippen LogP contribution is 2.07. The molecule has 0 amide bonds. The van der Waals surface area contributed by atoms with Crippen LogP contribution in [0.15, 0.2) is 58.4 Å². The SMILES string of the molecule is CCNC(=NCc1ccc(Cn2ccccc2=O)cc1)NCCCOCCOC.I. The van der Waals surface area contributed by atoms with Crippen molar-refractivity contribution in [2.24, 2.45) is 4.99 Å². The fourth-order valence-corrected chi connectivity index (χ4v) is 2.68. The molecular formula is C22H33IN4O3. The van der Waals surface area contributed by atoms with Gasteiger partial charge in [-0.2, -0.15) is 0 Å². The van der Waals surface area contributed by atoms with Crippen LogP contribution < -0.4 is 16.2 Å². The predicted octanol–water partition coefficient (Wildman–Crippen LogP) is 2.62. The number of ether oxygens (including phenoxy) is 2. The van der Waals surface area contributed by atoms with Crippen molar-refractivity contribution in [3.63, 3.8) is 0 Å². The Morgan fingerprint density at radius 3 is 2.50 bits per heavy atom. The van der Waals surface area contributed by atoms with E-state index < -0.39 is 0 Å². The van der Waals surface area contributed by atoms with Crippen molar-refractivity contribution in [3.05, 3.63) is 70.1 Å². The molecule has 30 heavy (non-hydrogen) atoms. The highest BCUT2D eigenvalue weighted by atomic mass is 127. The highest BCUT2D eigenvalue weighted by molar-refractivity contribution is 14.0. The molecule has 1 heterocycles. The van der Waals surface area contributed by atoms with Gasteiger partial charge in [0.25, 0.3) is 5.56 Å². The Balaban J connectivity index is 0.00000450. The van der Waals surface area contributed by atoms with E-state index in [1.54, 1.807) is 30.0 Å². The Morgan fingerprint density at radius 2 is 1.80 bits per heavy atom. The summed E-state index contributed by atoms with van der Waals surface area (Å²) in [5, 5.41) is 6.58. The molecule has 0 aliphatic carbocycles. The second kappa shape index (κ2) is 15.9. The first-order valence-electron chi connectivity index (χ1n) is 10.0. The van der Waals surface area contributed by atoms with Crippen molar-refractivity contribution in [1.29, 1.82) is 0 Å². The number of pyridine rings is 1. The molecule has 2 N–H and O–H groups in total. The number of nitrogens with zero attached hydrogens (tertiary/aromatic N) is 2. The third-order valence-electron chi connectivity index (χ3n) is 4.23. The fourth-order valence-electron chi connectivity index (χ4n) is 2.68. The van der Waals surface area contributed by atoms with Gasteiger partial charge in [-0.1, -0.05) is 30.3 Å². The van der Waals surface area contributed by atoms with Gasteiger partial charge in [0.2, 0.25) is 0 Å². The van der Waals surface area contributed by atoms with Crippen molar-refractivity contribution in [2.45, 2.75) is 26.4 Å². The summed E-state index contributed by atoms with van der Waals surface area (Å²) >= 11 is 0. The molecule has 0 aliphatic rings. The van der Waals surface area contributed by atoms with E-state index in [1.807, 2.05) is 25.1 Å². The molecule has 0 fully saturated rings. The van der Waals surface area contributed by atoms with Gasteiger partial charge in [-0.3, -0.25) is 4.79 Å². The Labute approximate surface area is 195 Å². The molecule has 8 heteroatoms. The van der Waals surface area contributed by atoms with Gasteiger partial charge in [0, 0.05) is 39.1 Å². The lowest BCUT2D eigenvalue weighted by Crippen LogP contribution is -2.38. The number of hydrogen-bond acceptors (Lipinski definition) is 4. The van der Waals surface area contributed by atoms with Crippen molar-refractivity contribution in [2.75, 3.05) is 40.0 Å². The zero-order chi connectivity index (χ0) is 20.7. The molecule has 166 valence electrons. The van der Waals surface area contributed by atoms with Gasteiger partial charge in [-0.05, 0) is 30.5 Å². The zero-order valence-electron chi connectivity index (χ0n) is 17.8. The Kier molecular flexibility index (Phi) is 13.8. The van der Waals surface area contributed by atoms with E-state index in [9.17, 15) is 4.79 Å². The minimum absolute atomic E-state index is 0. The second-order valence-electron chi connectivity index (χ2n) is 6.56. The van der Waals surface area contributed by atoms with Crippen LogP contribution in [-0.2, 0) is 22.6 Å². The summed E-state index contributed by atoms with van der Waals surface area (Å²) in [5.41, 5.74) is 2.21. The number of benzene rings is 1. The number of nitrogens with one attached hydrogen (secondary N) is 2. The summed E-state index contributed by atoms with van der Waals surface area (Å²) in [4.78, 5) is 16.5. The molecule has 0 radical (unpaired) electrons. The molecule has 1 aromatic carbocycles. The number of aromatic nitrogens is 1. The smallest absolute Gasteiger partial charge is 0.250 e. The molecule has 2 aromatic rings. The number of guanidine groups is 1. The van der Waals surface area contributed by atoms with E-state index >= 15 is 0 Å². The molecule has 0 saturated carbocycles. The van der Waals surface area contributed by atoms with E-state index in [-0.39, 0.29) is 29.5 Å². The quantitative estimate of drug-likeness (QED) is 0.192. The average Bonchev–Trinajstić information content (AvgIpc) is 2.74. The Hall–Kier alpha value is -1.91. The molecule has 7 nitrogen and oxygen atoms in total. The topological polar surface area (TPSA) is 76.9 Å². The normalized spacial score (nSPS) is 11.1. The number of hydrogen-bond donors (Lipinski definition) is 2. The lowest BCUT2D eigenvalue weighted by molar-refractivity contribution is 0.0698. The van der Waals surface area contributed by atoms with E-state index in [4.69, 9.17) is 9.47 Å². The van der Waals surface area contributed by atoms with Gasteiger partial charge in [-0.15, -0.1) is 24.0 Å². The summed E-state index contributed by atoms with van der Waals surface area (Å²) in [6, 6.07) is 13.4. The first-order chi connectivity index (χ1) is 14.2. The number of rotatable bonds is 12. The molecule has 0 bridgehead atoms. The summed E-state index contributed by atoms with van der Waals surface area (Å²) in [5.74, 6) is 0.796. The van der Waals surface area contributed by atoms with Crippen LogP contribution in [-0.4, -0.2) is 50.5 Å². The van der Waals surface area contributed by atoms with Gasteiger partial charge < -0.3 is 24.7 Å². The van der Waals surface area contributed by atoms with Crippen molar-refractivity contribution in [1.82, 2.24) is 15.2 Å². The molecule has 0 atom stereocenters. The monoisotopic (exact) mass is 528 g/mol. The largest absolute Gasteiger partial charge is 0.382 e. The Bertz CT molecular complexity index is 793.